The normalized spacial score (nSPS) is 14.4. The minimum absolute atomic E-state index is 0.0535. The average Bonchev–Trinajstić information content (AvgIpc) is 2.84. The van der Waals surface area contributed by atoms with Crippen LogP contribution < -0.4 is 10.6 Å². The van der Waals surface area contributed by atoms with Gasteiger partial charge in [0, 0.05) is 28.9 Å². The molecule has 1 aromatic rings. The second kappa shape index (κ2) is 8.20. The molecule has 2 N–H and O–H groups in total. The highest BCUT2D eigenvalue weighted by Gasteiger charge is 2.12. The summed E-state index contributed by atoms with van der Waals surface area (Å²) in [4.78, 5) is 0. The lowest BCUT2D eigenvalue weighted by Gasteiger charge is -2.07. The molecule has 0 aliphatic rings. The van der Waals surface area contributed by atoms with E-state index in [2.05, 4.69) is 27.8 Å². The number of nitrogens with one attached hydrogen (secondary N) is 2. The van der Waals surface area contributed by atoms with Crippen LogP contribution in [0.5, 0.6) is 0 Å². The van der Waals surface area contributed by atoms with Crippen LogP contribution in [0.1, 0.15) is 39.1 Å². The molecule has 0 aliphatic heterocycles. The van der Waals surface area contributed by atoms with Gasteiger partial charge in [0.05, 0.1) is 6.04 Å². The number of hydrogen-bond acceptors (Lipinski definition) is 6. The molecule has 0 amide bonds. The highest BCUT2D eigenvalue weighted by molar-refractivity contribution is 7.84. The van der Waals surface area contributed by atoms with Gasteiger partial charge in [-0.2, -0.15) is 0 Å². The van der Waals surface area contributed by atoms with E-state index in [-0.39, 0.29) is 6.04 Å². The van der Waals surface area contributed by atoms with Crippen LogP contribution in [0.2, 0.25) is 0 Å². The highest BCUT2D eigenvalue weighted by atomic mass is 32.2. The Morgan fingerprint density at radius 2 is 2.11 bits per heavy atom. The molecular formula is C11H22N4O2S. The molecule has 104 valence electrons. The third-order valence-electron chi connectivity index (χ3n) is 2.44. The van der Waals surface area contributed by atoms with E-state index in [9.17, 15) is 4.21 Å². The van der Waals surface area contributed by atoms with Crippen molar-refractivity contribution in [3.05, 3.63) is 5.89 Å². The summed E-state index contributed by atoms with van der Waals surface area (Å²) >= 11 is 0. The summed E-state index contributed by atoms with van der Waals surface area (Å²) in [6.07, 6.45) is 1.06. The van der Waals surface area contributed by atoms with E-state index in [0.717, 1.165) is 13.0 Å². The molecule has 0 aromatic carbocycles. The summed E-state index contributed by atoms with van der Waals surface area (Å²) in [6.45, 7) is 7.50. The number of rotatable bonds is 9. The fourth-order valence-electron chi connectivity index (χ4n) is 1.35. The second-order valence-electron chi connectivity index (χ2n) is 3.98. The fraction of sp³-hybridized carbons (Fsp3) is 0.818. The van der Waals surface area contributed by atoms with Crippen molar-refractivity contribution in [3.8, 4) is 0 Å². The predicted molar refractivity (Wildman–Crippen MR) is 73.0 cm³/mol. The van der Waals surface area contributed by atoms with Gasteiger partial charge in [0.15, 0.2) is 0 Å². The second-order valence-corrected chi connectivity index (χ2v) is 5.85. The summed E-state index contributed by atoms with van der Waals surface area (Å²) in [6, 6.07) is 0.445. The zero-order valence-corrected chi connectivity index (χ0v) is 12.0. The molecular weight excluding hydrogens is 252 g/mol. The SMILES string of the molecule is CCCNC(C)c1nnc(NCCS(=O)CC)o1. The Morgan fingerprint density at radius 3 is 2.78 bits per heavy atom. The standard InChI is InChI=1S/C11H22N4O2S/c1-4-6-12-9(3)10-14-15-11(17-10)13-7-8-18(16)5-2/h9,12H,4-8H2,1-3H3,(H,13,15). The van der Waals surface area contributed by atoms with Gasteiger partial charge in [-0.3, -0.25) is 4.21 Å². The smallest absolute Gasteiger partial charge is 0.315 e. The summed E-state index contributed by atoms with van der Waals surface area (Å²) in [5.74, 6) is 1.84. The van der Waals surface area contributed by atoms with Crippen LogP contribution in [0, 0.1) is 0 Å². The lowest BCUT2D eigenvalue weighted by Crippen LogP contribution is -2.19. The van der Waals surface area contributed by atoms with Crippen LogP contribution in [0.25, 0.3) is 0 Å². The maximum Gasteiger partial charge on any atom is 0.315 e. The molecule has 0 saturated carbocycles. The number of nitrogens with zero attached hydrogens (tertiary/aromatic N) is 2. The largest absolute Gasteiger partial charge is 0.406 e. The van der Waals surface area contributed by atoms with Gasteiger partial charge in [0.1, 0.15) is 0 Å². The van der Waals surface area contributed by atoms with Crippen molar-refractivity contribution in [2.75, 3.05) is 29.9 Å². The van der Waals surface area contributed by atoms with E-state index in [1.807, 2.05) is 13.8 Å². The molecule has 1 rings (SSSR count). The summed E-state index contributed by atoms with van der Waals surface area (Å²) in [5, 5.41) is 14.1. The quantitative estimate of drug-likeness (QED) is 0.707. The summed E-state index contributed by atoms with van der Waals surface area (Å²) in [5.41, 5.74) is 0. The first-order chi connectivity index (χ1) is 8.67. The molecule has 6 nitrogen and oxygen atoms in total. The van der Waals surface area contributed by atoms with Gasteiger partial charge in [0.2, 0.25) is 5.89 Å². The lowest BCUT2D eigenvalue weighted by atomic mass is 10.3. The van der Waals surface area contributed by atoms with E-state index in [1.165, 1.54) is 0 Å². The molecule has 0 spiro atoms. The molecule has 1 heterocycles. The first kappa shape index (κ1) is 15.1. The average molecular weight is 274 g/mol. The number of anilines is 1. The first-order valence-electron chi connectivity index (χ1n) is 6.33. The van der Waals surface area contributed by atoms with Crippen LogP contribution in [-0.4, -0.2) is 39.0 Å². The monoisotopic (exact) mass is 274 g/mol. The van der Waals surface area contributed by atoms with Crippen LogP contribution in [-0.2, 0) is 10.8 Å². The highest BCUT2D eigenvalue weighted by Crippen LogP contribution is 2.13. The van der Waals surface area contributed by atoms with E-state index >= 15 is 0 Å². The molecule has 18 heavy (non-hydrogen) atoms. The molecule has 2 atom stereocenters. The number of aromatic nitrogens is 2. The van der Waals surface area contributed by atoms with Gasteiger partial charge in [-0.05, 0) is 19.9 Å². The van der Waals surface area contributed by atoms with Gasteiger partial charge in [-0.15, -0.1) is 5.10 Å². The maximum atomic E-state index is 11.2. The lowest BCUT2D eigenvalue weighted by molar-refractivity contribution is 0.423. The zero-order valence-electron chi connectivity index (χ0n) is 11.2. The molecule has 0 aliphatic carbocycles. The third kappa shape index (κ3) is 5.14. The van der Waals surface area contributed by atoms with Crippen LogP contribution in [0.3, 0.4) is 0 Å². The third-order valence-corrected chi connectivity index (χ3v) is 3.74. The first-order valence-corrected chi connectivity index (χ1v) is 7.81. The zero-order chi connectivity index (χ0) is 13.4. The molecule has 0 radical (unpaired) electrons. The predicted octanol–water partition coefficient (Wildman–Crippen LogP) is 1.31. The summed E-state index contributed by atoms with van der Waals surface area (Å²) < 4.78 is 16.7. The van der Waals surface area contributed by atoms with Gasteiger partial charge in [0.25, 0.3) is 0 Å². The van der Waals surface area contributed by atoms with E-state index < -0.39 is 10.8 Å². The van der Waals surface area contributed by atoms with E-state index in [0.29, 0.717) is 30.0 Å². The van der Waals surface area contributed by atoms with Crippen LogP contribution >= 0.6 is 0 Å². The van der Waals surface area contributed by atoms with Crippen molar-refractivity contribution in [1.29, 1.82) is 0 Å². The van der Waals surface area contributed by atoms with Crippen molar-refractivity contribution in [2.24, 2.45) is 0 Å². The molecule has 0 saturated heterocycles. The van der Waals surface area contributed by atoms with Crippen LogP contribution in [0.4, 0.5) is 6.01 Å². The minimum atomic E-state index is -0.772. The van der Waals surface area contributed by atoms with Gasteiger partial charge < -0.3 is 15.1 Å². The minimum Gasteiger partial charge on any atom is -0.406 e. The van der Waals surface area contributed by atoms with Gasteiger partial charge in [-0.1, -0.05) is 18.9 Å². The van der Waals surface area contributed by atoms with Gasteiger partial charge in [-0.25, -0.2) is 0 Å². The van der Waals surface area contributed by atoms with Crippen molar-refractivity contribution in [3.63, 3.8) is 0 Å². The van der Waals surface area contributed by atoms with Crippen molar-refractivity contribution < 1.29 is 8.63 Å². The molecule has 0 bridgehead atoms. The maximum absolute atomic E-state index is 11.2. The Morgan fingerprint density at radius 1 is 1.33 bits per heavy atom. The van der Waals surface area contributed by atoms with Crippen molar-refractivity contribution in [2.45, 2.75) is 33.2 Å². The van der Waals surface area contributed by atoms with Crippen molar-refractivity contribution in [1.82, 2.24) is 15.5 Å². The molecule has 1 aromatic heterocycles. The van der Waals surface area contributed by atoms with Gasteiger partial charge >= 0.3 is 6.01 Å². The fourth-order valence-corrected chi connectivity index (χ4v) is 1.96. The topological polar surface area (TPSA) is 80.0 Å². The Hall–Kier alpha value is -0.950. The van der Waals surface area contributed by atoms with E-state index in [4.69, 9.17) is 4.42 Å². The molecule has 2 unspecified atom stereocenters. The summed E-state index contributed by atoms with van der Waals surface area (Å²) in [7, 11) is -0.772. The molecule has 7 heteroatoms. The van der Waals surface area contributed by atoms with E-state index in [1.54, 1.807) is 0 Å². The Labute approximate surface area is 110 Å². The Balaban J connectivity index is 2.36. The molecule has 0 fully saturated rings. The Kier molecular flexibility index (Phi) is 6.89. The Bertz CT molecular complexity index is 370. The number of hydrogen-bond donors (Lipinski definition) is 2. The van der Waals surface area contributed by atoms with Crippen molar-refractivity contribution >= 4 is 16.8 Å². The van der Waals surface area contributed by atoms with Crippen LogP contribution in [0.15, 0.2) is 4.42 Å².